The van der Waals surface area contributed by atoms with Crippen LogP contribution in [0.4, 0.5) is 5.69 Å². The van der Waals surface area contributed by atoms with Crippen LogP contribution < -0.4 is 15.1 Å². The van der Waals surface area contributed by atoms with Crippen LogP contribution >= 0.6 is 0 Å². The van der Waals surface area contributed by atoms with Gasteiger partial charge in [0.1, 0.15) is 11.3 Å². The molecule has 5 nitrogen and oxygen atoms in total. The second-order valence-corrected chi connectivity index (χ2v) is 8.02. The van der Waals surface area contributed by atoms with Crippen molar-refractivity contribution in [2.75, 3.05) is 11.5 Å². The van der Waals surface area contributed by atoms with E-state index in [1.54, 1.807) is 4.90 Å². The number of rotatable bonds is 4. The number of nitrogens with zero attached hydrogens (tertiary/aromatic N) is 1. The number of anilines is 1. The number of carbonyl (C=O) groups is 1. The van der Waals surface area contributed by atoms with Gasteiger partial charge in [-0.2, -0.15) is 0 Å². The molecule has 1 aromatic heterocycles. The monoisotopic (exact) mass is 425 g/mol. The zero-order valence-corrected chi connectivity index (χ0v) is 18.2. The Hall–Kier alpha value is -3.86. The van der Waals surface area contributed by atoms with Gasteiger partial charge >= 0.3 is 0 Å². The van der Waals surface area contributed by atoms with Gasteiger partial charge in [0.25, 0.3) is 5.91 Å². The van der Waals surface area contributed by atoms with Gasteiger partial charge in [0, 0.05) is 5.69 Å². The molecule has 5 rings (SSSR count). The molecule has 0 spiro atoms. The van der Waals surface area contributed by atoms with Crippen LogP contribution in [0.1, 0.15) is 45.8 Å². The van der Waals surface area contributed by atoms with E-state index in [0.717, 1.165) is 22.4 Å². The molecule has 1 unspecified atom stereocenters. The molecule has 1 aliphatic rings. The molecule has 5 heteroatoms. The molecular weight excluding hydrogens is 402 g/mol. The quantitative estimate of drug-likeness (QED) is 0.430. The van der Waals surface area contributed by atoms with Crippen LogP contribution in [-0.2, 0) is 0 Å². The molecule has 2 heterocycles. The SMILES string of the molecule is CCOc1ccc(C2c3c(oc4cc(C)c(C)cc4c3=O)C(=O)N2c2ccccc2)cc1. The Kier molecular flexibility index (Phi) is 4.82. The number of benzene rings is 3. The molecule has 0 N–H and O–H groups in total. The average molecular weight is 425 g/mol. The summed E-state index contributed by atoms with van der Waals surface area (Å²) in [4.78, 5) is 28.9. The van der Waals surface area contributed by atoms with E-state index in [1.165, 1.54) is 0 Å². The molecule has 0 radical (unpaired) electrons. The molecule has 0 aliphatic carbocycles. The first-order valence-electron chi connectivity index (χ1n) is 10.7. The fourth-order valence-corrected chi connectivity index (χ4v) is 4.31. The van der Waals surface area contributed by atoms with Crippen LogP contribution in [0.25, 0.3) is 11.0 Å². The van der Waals surface area contributed by atoms with Gasteiger partial charge in [-0.15, -0.1) is 0 Å². The minimum atomic E-state index is -0.585. The molecule has 0 saturated heterocycles. The molecule has 160 valence electrons. The molecule has 0 saturated carbocycles. The molecule has 4 aromatic rings. The molecule has 0 fully saturated rings. The number of carbonyl (C=O) groups excluding carboxylic acids is 1. The maximum absolute atomic E-state index is 13.7. The highest BCUT2D eigenvalue weighted by Crippen LogP contribution is 2.41. The largest absolute Gasteiger partial charge is 0.494 e. The highest BCUT2D eigenvalue weighted by atomic mass is 16.5. The zero-order valence-electron chi connectivity index (χ0n) is 18.2. The molecule has 32 heavy (non-hydrogen) atoms. The molecule has 3 aromatic carbocycles. The number of hydrogen-bond donors (Lipinski definition) is 0. The normalized spacial score (nSPS) is 15.3. The van der Waals surface area contributed by atoms with Crippen molar-refractivity contribution >= 4 is 22.6 Å². The number of hydrogen-bond acceptors (Lipinski definition) is 4. The van der Waals surface area contributed by atoms with Crippen molar-refractivity contribution in [2.45, 2.75) is 26.8 Å². The van der Waals surface area contributed by atoms with Crippen LogP contribution in [0.3, 0.4) is 0 Å². The molecule has 1 atom stereocenters. The first-order valence-corrected chi connectivity index (χ1v) is 10.7. The van der Waals surface area contributed by atoms with Gasteiger partial charge in [-0.1, -0.05) is 30.3 Å². The molecule has 1 aliphatic heterocycles. The summed E-state index contributed by atoms with van der Waals surface area (Å²) in [5.41, 5.74) is 4.18. The number of aryl methyl sites for hydroxylation is 2. The van der Waals surface area contributed by atoms with Gasteiger partial charge in [0.05, 0.1) is 23.6 Å². The topological polar surface area (TPSA) is 59.8 Å². The Morgan fingerprint density at radius 3 is 2.31 bits per heavy atom. The van der Waals surface area contributed by atoms with Crippen molar-refractivity contribution in [1.82, 2.24) is 0 Å². The van der Waals surface area contributed by atoms with Gasteiger partial charge in [0.15, 0.2) is 5.43 Å². The minimum absolute atomic E-state index is 0.105. The fraction of sp³-hybridized carbons (Fsp3) is 0.185. The van der Waals surface area contributed by atoms with E-state index in [-0.39, 0.29) is 17.1 Å². The van der Waals surface area contributed by atoms with Crippen LogP contribution in [0.2, 0.25) is 0 Å². The third-order valence-corrected chi connectivity index (χ3v) is 6.03. The number of ether oxygens (including phenoxy) is 1. The Bertz CT molecular complexity index is 1390. The summed E-state index contributed by atoms with van der Waals surface area (Å²) in [7, 11) is 0. The van der Waals surface area contributed by atoms with Gasteiger partial charge in [-0.25, -0.2) is 0 Å². The lowest BCUT2D eigenvalue weighted by Gasteiger charge is -2.25. The van der Waals surface area contributed by atoms with E-state index < -0.39 is 6.04 Å². The van der Waals surface area contributed by atoms with Crippen molar-refractivity contribution in [1.29, 1.82) is 0 Å². The Labute approximate surface area is 185 Å². The molecular formula is C27H23NO4. The van der Waals surface area contributed by atoms with E-state index in [9.17, 15) is 9.59 Å². The summed E-state index contributed by atoms with van der Waals surface area (Å²) < 4.78 is 11.7. The lowest BCUT2D eigenvalue weighted by Crippen LogP contribution is -2.29. The van der Waals surface area contributed by atoms with E-state index >= 15 is 0 Å². The standard InChI is InChI=1S/C27H23NO4/c1-4-31-20-12-10-18(11-13-20)24-23-25(29)21-14-16(2)17(3)15-22(21)32-26(23)27(30)28(24)19-8-6-5-7-9-19/h5-15,24H,4H2,1-3H3. The summed E-state index contributed by atoms with van der Waals surface area (Å²) in [5.74, 6) is 0.527. The van der Waals surface area contributed by atoms with E-state index in [4.69, 9.17) is 9.15 Å². The third kappa shape index (κ3) is 3.09. The second kappa shape index (κ2) is 7.68. The third-order valence-electron chi connectivity index (χ3n) is 6.03. The van der Waals surface area contributed by atoms with Crippen LogP contribution in [0.5, 0.6) is 5.75 Å². The number of para-hydroxylation sites is 1. The predicted octanol–water partition coefficient (Wildman–Crippen LogP) is 5.56. The van der Waals surface area contributed by atoms with Gasteiger partial charge in [0.2, 0.25) is 5.76 Å². The minimum Gasteiger partial charge on any atom is -0.494 e. The summed E-state index contributed by atoms with van der Waals surface area (Å²) in [6, 6.07) is 20.0. The summed E-state index contributed by atoms with van der Waals surface area (Å²) in [6.45, 7) is 6.42. The van der Waals surface area contributed by atoms with Crippen molar-refractivity contribution in [3.8, 4) is 5.75 Å². The number of fused-ring (bicyclic) bond motifs is 2. The second-order valence-electron chi connectivity index (χ2n) is 8.02. The Balaban J connectivity index is 1.77. The van der Waals surface area contributed by atoms with Crippen molar-refractivity contribution in [3.05, 3.63) is 105 Å². The van der Waals surface area contributed by atoms with Crippen LogP contribution in [0.15, 0.2) is 75.9 Å². The van der Waals surface area contributed by atoms with Gasteiger partial charge in [-0.3, -0.25) is 14.5 Å². The van der Waals surface area contributed by atoms with Gasteiger partial charge in [-0.05, 0) is 73.9 Å². The van der Waals surface area contributed by atoms with Crippen LogP contribution in [-0.4, -0.2) is 12.5 Å². The van der Waals surface area contributed by atoms with Crippen LogP contribution in [0, 0.1) is 13.8 Å². The fourth-order valence-electron chi connectivity index (χ4n) is 4.31. The highest BCUT2D eigenvalue weighted by Gasteiger charge is 2.43. The van der Waals surface area contributed by atoms with E-state index in [2.05, 4.69) is 0 Å². The van der Waals surface area contributed by atoms with Crippen molar-refractivity contribution in [3.63, 3.8) is 0 Å². The lowest BCUT2D eigenvalue weighted by atomic mass is 9.97. The molecule has 0 bridgehead atoms. The smallest absolute Gasteiger partial charge is 0.295 e. The summed E-state index contributed by atoms with van der Waals surface area (Å²) >= 11 is 0. The maximum Gasteiger partial charge on any atom is 0.295 e. The molecule has 1 amide bonds. The number of amides is 1. The van der Waals surface area contributed by atoms with Crippen molar-refractivity contribution < 1.29 is 13.9 Å². The van der Waals surface area contributed by atoms with E-state index in [1.807, 2.05) is 87.5 Å². The highest BCUT2D eigenvalue weighted by molar-refractivity contribution is 6.10. The van der Waals surface area contributed by atoms with E-state index in [0.29, 0.717) is 28.8 Å². The first-order chi connectivity index (χ1) is 15.5. The Morgan fingerprint density at radius 1 is 0.938 bits per heavy atom. The maximum atomic E-state index is 13.7. The predicted molar refractivity (Wildman–Crippen MR) is 125 cm³/mol. The zero-order chi connectivity index (χ0) is 22.4. The summed E-state index contributed by atoms with van der Waals surface area (Å²) in [6.07, 6.45) is 0. The summed E-state index contributed by atoms with van der Waals surface area (Å²) in [5, 5.41) is 0.491. The average Bonchev–Trinajstić information content (AvgIpc) is 3.09. The van der Waals surface area contributed by atoms with Crippen molar-refractivity contribution in [2.24, 2.45) is 0 Å². The van der Waals surface area contributed by atoms with Gasteiger partial charge < -0.3 is 9.15 Å². The first kappa shape index (κ1) is 20.1. The Morgan fingerprint density at radius 2 is 1.62 bits per heavy atom. The lowest BCUT2D eigenvalue weighted by molar-refractivity contribution is 0.0971.